The molecule has 51 heavy (non-hydrogen) atoms. The van der Waals surface area contributed by atoms with Gasteiger partial charge in [0.1, 0.15) is 0 Å². The van der Waals surface area contributed by atoms with Crippen molar-refractivity contribution < 1.29 is 63.6 Å². The van der Waals surface area contributed by atoms with Crippen molar-refractivity contribution in [1.29, 1.82) is 0 Å². The number of rotatable bonds is 21. The Bertz CT molecular complexity index is 1400. The second-order valence-electron chi connectivity index (χ2n) is 11.5. The van der Waals surface area contributed by atoms with Crippen LogP contribution in [-0.4, -0.2) is 173 Å². The number of carbonyl (C=O) groups excluding carboxylic acids is 5. The van der Waals surface area contributed by atoms with Crippen LogP contribution >= 0.6 is 0 Å². The lowest BCUT2D eigenvalue weighted by Crippen LogP contribution is -2.47. The van der Waals surface area contributed by atoms with Gasteiger partial charge in [0.15, 0.2) is 5.78 Å². The maximum Gasteiger partial charge on any atom is 0.317 e. The van der Waals surface area contributed by atoms with Crippen molar-refractivity contribution >= 4 is 64.7 Å². The summed E-state index contributed by atoms with van der Waals surface area (Å²) in [5, 5.41) is 49.5. The zero-order chi connectivity index (χ0) is 37.9. The van der Waals surface area contributed by atoms with Crippen LogP contribution in [0.1, 0.15) is 12.8 Å². The van der Waals surface area contributed by atoms with Crippen LogP contribution in [0.3, 0.4) is 0 Å². The maximum absolute atomic E-state index is 12.8. The zero-order valence-corrected chi connectivity index (χ0v) is 27.6. The molecule has 1 atom stereocenters. The van der Waals surface area contributed by atoms with Crippen LogP contribution in [0.4, 0.5) is 11.4 Å². The molecule has 0 bridgehead atoms. The first kappa shape index (κ1) is 41.7. The summed E-state index contributed by atoms with van der Waals surface area (Å²) in [6.07, 6.45) is 0.146. The summed E-state index contributed by atoms with van der Waals surface area (Å²) < 4.78 is 0. The third-order valence-electron chi connectivity index (χ3n) is 7.15. The molecular weight excluding hydrogens is 680 g/mol. The minimum atomic E-state index is -1.27. The Hall–Kier alpha value is -5.51. The number of carbonyl (C=O) groups is 9. The van der Waals surface area contributed by atoms with Crippen molar-refractivity contribution in [2.75, 3.05) is 89.2 Å². The summed E-state index contributed by atoms with van der Waals surface area (Å²) in [5.74, 6) is -7.42. The molecule has 1 aromatic rings. The van der Waals surface area contributed by atoms with Gasteiger partial charge in [-0.15, -0.1) is 0 Å². The molecule has 4 amide bonds. The van der Waals surface area contributed by atoms with Gasteiger partial charge < -0.3 is 41.7 Å². The number of carboxylic acid groups (broad SMARTS) is 4. The SMILES string of the molecule is O=C(O)CN(CCN(CC(=O)O)CC(=O)O)CCN(CC(=O)O)CC(=O)Nc1ccc(NC(=O)CNC(=O)C2CCC(=O)NCC(=O)CN2)cc1. The molecule has 21 heteroatoms. The zero-order valence-electron chi connectivity index (χ0n) is 27.6. The highest BCUT2D eigenvalue weighted by Crippen LogP contribution is 2.13. The van der Waals surface area contributed by atoms with Crippen LogP contribution in [-0.2, 0) is 43.2 Å². The Morgan fingerprint density at radius 3 is 1.61 bits per heavy atom. The van der Waals surface area contributed by atoms with Crippen LogP contribution in [0.5, 0.6) is 0 Å². The normalized spacial score (nSPS) is 14.9. The smallest absolute Gasteiger partial charge is 0.317 e. The minimum Gasteiger partial charge on any atom is -0.480 e. The average molecular weight is 723 g/mol. The number of hydrogen-bond acceptors (Lipinski definition) is 13. The number of carboxylic acids is 4. The van der Waals surface area contributed by atoms with Crippen molar-refractivity contribution in [2.45, 2.75) is 18.9 Å². The van der Waals surface area contributed by atoms with Gasteiger partial charge in [0, 0.05) is 44.0 Å². The molecule has 1 aliphatic rings. The van der Waals surface area contributed by atoms with Gasteiger partial charge in [-0.2, -0.15) is 0 Å². The highest BCUT2D eigenvalue weighted by molar-refractivity contribution is 5.96. The summed E-state index contributed by atoms with van der Waals surface area (Å²) in [6, 6.07) is 5.01. The number of aliphatic carboxylic acids is 4. The first-order valence-corrected chi connectivity index (χ1v) is 15.6. The Balaban J connectivity index is 1.89. The van der Waals surface area contributed by atoms with Crippen LogP contribution in [0.15, 0.2) is 24.3 Å². The molecule has 0 saturated carbocycles. The Kier molecular flexibility index (Phi) is 17.6. The predicted octanol–water partition coefficient (Wildman–Crippen LogP) is -3.64. The number of amides is 4. The molecular formula is C30H42N8O13. The molecule has 1 fully saturated rings. The van der Waals surface area contributed by atoms with Gasteiger partial charge in [-0.3, -0.25) is 63.2 Å². The van der Waals surface area contributed by atoms with E-state index in [-0.39, 0.29) is 63.8 Å². The fourth-order valence-corrected chi connectivity index (χ4v) is 4.75. The topological polar surface area (TPSA) is 304 Å². The molecule has 0 aliphatic carbocycles. The van der Waals surface area contributed by atoms with E-state index in [0.717, 1.165) is 4.90 Å². The van der Waals surface area contributed by atoms with Crippen molar-refractivity contribution in [3.63, 3.8) is 0 Å². The predicted molar refractivity (Wildman–Crippen MR) is 176 cm³/mol. The number of anilines is 2. The molecule has 1 aliphatic heterocycles. The van der Waals surface area contributed by atoms with E-state index in [2.05, 4.69) is 26.6 Å². The first-order valence-electron chi connectivity index (χ1n) is 15.6. The van der Waals surface area contributed by atoms with Gasteiger partial charge in [-0.05, 0) is 30.7 Å². The van der Waals surface area contributed by atoms with E-state index >= 15 is 0 Å². The van der Waals surface area contributed by atoms with E-state index in [1.165, 1.54) is 34.1 Å². The molecule has 21 nitrogen and oxygen atoms in total. The van der Waals surface area contributed by atoms with Crippen LogP contribution in [0, 0.1) is 0 Å². The van der Waals surface area contributed by atoms with E-state index in [1.54, 1.807) is 0 Å². The molecule has 1 unspecified atom stereocenters. The van der Waals surface area contributed by atoms with Crippen LogP contribution in [0.25, 0.3) is 0 Å². The van der Waals surface area contributed by atoms with E-state index in [4.69, 9.17) is 10.2 Å². The maximum atomic E-state index is 12.8. The molecule has 1 saturated heterocycles. The van der Waals surface area contributed by atoms with Crippen molar-refractivity contribution in [3.05, 3.63) is 24.3 Å². The standard InChI is InChI=1S/C30H42N8O13/c39-21-11-31-22(5-6-23(40)32-12-21)30(51)33-13-24(41)34-19-1-3-20(4-2-19)35-25(42)14-37(16-27(45)46)9-7-36(15-26(43)44)8-10-38(17-28(47)48)18-29(49)50/h1-4,22,31H,5-18H2,(H,32,40)(H,33,51)(H,34,41)(H,35,42)(H,43,44)(H,45,46)(H,47,48)(H,49,50). The summed E-state index contributed by atoms with van der Waals surface area (Å²) in [4.78, 5) is 110. The molecule has 1 aromatic carbocycles. The van der Waals surface area contributed by atoms with E-state index in [1.807, 2.05) is 0 Å². The second kappa shape index (κ2) is 21.5. The first-order chi connectivity index (χ1) is 24.1. The lowest BCUT2D eigenvalue weighted by molar-refractivity contribution is -0.143. The van der Waals surface area contributed by atoms with Gasteiger partial charge in [-0.1, -0.05) is 0 Å². The largest absolute Gasteiger partial charge is 0.480 e. The van der Waals surface area contributed by atoms with E-state index in [0.29, 0.717) is 11.4 Å². The molecule has 280 valence electrons. The fraction of sp³-hybridized carbons (Fsp3) is 0.500. The van der Waals surface area contributed by atoms with Gasteiger partial charge in [0.25, 0.3) is 0 Å². The molecule has 1 heterocycles. The third-order valence-corrected chi connectivity index (χ3v) is 7.15. The number of nitrogens with zero attached hydrogens (tertiary/aromatic N) is 3. The molecule has 0 radical (unpaired) electrons. The highest BCUT2D eigenvalue weighted by atomic mass is 16.4. The van der Waals surface area contributed by atoms with Gasteiger partial charge in [-0.25, -0.2) is 0 Å². The molecule has 2 rings (SSSR count). The highest BCUT2D eigenvalue weighted by Gasteiger charge is 2.23. The van der Waals surface area contributed by atoms with Crippen molar-refractivity contribution in [3.8, 4) is 0 Å². The number of ketones is 1. The Labute approximate surface area is 291 Å². The number of hydrogen-bond donors (Lipinski definition) is 9. The van der Waals surface area contributed by atoms with Crippen LogP contribution in [0.2, 0.25) is 0 Å². The fourth-order valence-electron chi connectivity index (χ4n) is 4.75. The van der Waals surface area contributed by atoms with E-state index in [9.17, 15) is 53.4 Å². The van der Waals surface area contributed by atoms with E-state index < -0.39 is 86.9 Å². The Morgan fingerprint density at radius 2 is 1.10 bits per heavy atom. The number of benzene rings is 1. The van der Waals surface area contributed by atoms with Gasteiger partial charge in [0.05, 0.1) is 58.4 Å². The average Bonchev–Trinajstić information content (AvgIpc) is 3.11. The lowest BCUT2D eigenvalue weighted by Gasteiger charge is -2.27. The van der Waals surface area contributed by atoms with Gasteiger partial charge >= 0.3 is 23.9 Å². The third kappa shape index (κ3) is 18.2. The van der Waals surface area contributed by atoms with Gasteiger partial charge in [0.2, 0.25) is 23.6 Å². The summed E-state index contributed by atoms with van der Waals surface area (Å²) in [6.45, 7) is -3.55. The molecule has 0 spiro atoms. The van der Waals surface area contributed by atoms with Crippen molar-refractivity contribution in [2.24, 2.45) is 0 Å². The van der Waals surface area contributed by atoms with Crippen LogP contribution < -0.4 is 26.6 Å². The quantitative estimate of drug-likeness (QED) is 0.0591. The summed E-state index contributed by atoms with van der Waals surface area (Å²) in [7, 11) is 0. The number of Topliss-reactive ketones (excluding diaryl/α,β-unsaturated/α-hetero) is 1. The molecule has 9 N–H and O–H groups in total. The monoisotopic (exact) mass is 722 g/mol. The molecule has 0 aromatic heterocycles. The second-order valence-corrected chi connectivity index (χ2v) is 11.5. The summed E-state index contributed by atoms with van der Waals surface area (Å²) >= 11 is 0. The summed E-state index contributed by atoms with van der Waals surface area (Å²) in [5.41, 5.74) is 0.627. The number of nitrogens with one attached hydrogen (secondary N) is 5. The van der Waals surface area contributed by atoms with Crippen molar-refractivity contribution in [1.82, 2.24) is 30.7 Å². The Morgan fingerprint density at radius 1 is 0.647 bits per heavy atom. The minimum absolute atomic E-state index is 0.0184. The lowest BCUT2D eigenvalue weighted by atomic mass is 10.1.